The van der Waals surface area contributed by atoms with Gasteiger partial charge in [0.25, 0.3) is 0 Å². The second-order valence-corrected chi connectivity index (χ2v) is 5.02. The average molecular weight is 274 g/mol. The monoisotopic (exact) mass is 274 g/mol. The van der Waals surface area contributed by atoms with Crippen LogP contribution in [-0.2, 0) is 13.0 Å². The summed E-state index contributed by atoms with van der Waals surface area (Å²) in [6.45, 7) is 2.37. The molecule has 4 nitrogen and oxygen atoms in total. The molecule has 0 spiro atoms. The molecule has 0 radical (unpaired) electrons. The SMILES string of the molecule is CC(N)Cc1cnc(N(C)Cc2ccccc2F)nc1. The fourth-order valence-electron chi connectivity index (χ4n) is 1.98. The van der Waals surface area contributed by atoms with Crippen molar-refractivity contribution in [1.29, 1.82) is 0 Å². The molecule has 0 aliphatic heterocycles. The molecule has 1 aromatic carbocycles. The van der Waals surface area contributed by atoms with Crippen LogP contribution in [0.4, 0.5) is 10.3 Å². The summed E-state index contributed by atoms with van der Waals surface area (Å²) in [5.41, 5.74) is 7.36. The summed E-state index contributed by atoms with van der Waals surface area (Å²) in [6, 6.07) is 6.80. The molecule has 2 rings (SSSR count). The first kappa shape index (κ1) is 14.4. The normalized spacial score (nSPS) is 12.2. The number of halogens is 1. The van der Waals surface area contributed by atoms with Gasteiger partial charge in [-0.05, 0) is 25.0 Å². The number of rotatable bonds is 5. The lowest BCUT2D eigenvalue weighted by atomic mass is 10.1. The first-order valence-corrected chi connectivity index (χ1v) is 6.57. The van der Waals surface area contributed by atoms with Gasteiger partial charge in [0.1, 0.15) is 5.82 Å². The van der Waals surface area contributed by atoms with Crippen molar-refractivity contribution >= 4 is 5.95 Å². The first-order valence-electron chi connectivity index (χ1n) is 6.57. The van der Waals surface area contributed by atoms with Gasteiger partial charge in [0, 0.05) is 37.6 Å². The largest absolute Gasteiger partial charge is 0.339 e. The van der Waals surface area contributed by atoms with E-state index in [1.165, 1.54) is 6.07 Å². The van der Waals surface area contributed by atoms with Gasteiger partial charge in [-0.25, -0.2) is 14.4 Å². The number of nitrogens with zero attached hydrogens (tertiary/aromatic N) is 3. The smallest absolute Gasteiger partial charge is 0.225 e. The molecule has 0 saturated carbocycles. The highest BCUT2D eigenvalue weighted by molar-refractivity contribution is 5.31. The summed E-state index contributed by atoms with van der Waals surface area (Å²) in [4.78, 5) is 10.4. The van der Waals surface area contributed by atoms with Crippen LogP contribution in [0.15, 0.2) is 36.7 Å². The number of hydrogen-bond acceptors (Lipinski definition) is 4. The summed E-state index contributed by atoms with van der Waals surface area (Å²) in [7, 11) is 1.84. The number of aromatic nitrogens is 2. The minimum atomic E-state index is -0.215. The van der Waals surface area contributed by atoms with Gasteiger partial charge < -0.3 is 10.6 Å². The zero-order chi connectivity index (χ0) is 14.5. The third kappa shape index (κ3) is 3.74. The third-order valence-electron chi connectivity index (χ3n) is 2.96. The van der Waals surface area contributed by atoms with E-state index < -0.39 is 0 Å². The lowest BCUT2D eigenvalue weighted by Crippen LogP contribution is -2.21. The van der Waals surface area contributed by atoms with Gasteiger partial charge in [-0.15, -0.1) is 0 Å². The molecule has 1 atom stereocenters. The fraction of sp³-hybridized carbons (Fsp3) is 0.333. The topological polar surface area (TPSA) is 55.0 Å². The van der Waals surface area contributed by atoms with E-state index in [-0.39, 0.29) is 11.9 Å². The molecule has 0 fully saturated rings. The molecule has 5 heteroatoms. The van der Waals surface area contributed by atoms with E-state index in [9.17, 15) is 4.39 Å². The zero-order valence-electron chi connectivity index (χ0n) is 11.8. The maximum absolute atomic E-state index is 13.6. The molecule has 2 aromatic rings. The number of hydrogen-bond donors (Lipinski definition) is 1. The van der Waals surface area contributed by atoms with Gasteiger partial charge in [-0.3, -0.25) is 0 Å². The summed E-state index contributed by atoms with van der Waals surface area (Å²) >= 11 is 0. The van der Waals surface area contributed by atoms with Gasteiger partial charge in [0.05, 0.1) is 0 Å². The molecule has 1 aromatic heterocycles. The average Bonchev–Trinajstić information content (AvgIpc) is 2.41. The summed E-state index contributed by atoms with van der Waals surface area (Å²) in [5, 5.41) is 0. The maximum Gasteiger partial charge on any atom is 0.225 e. The van der Waals surface area contributed by atoms with Gasteiger partial charge in [-0.1, -0.05) is 18.2 Å². The van der Waals surface area contributed by atoms with Gasteiger partial charge in [0.15, 0.2) is 0 Å². The van der Waals surface area contributed by atoms with Gasteiger partial charge >= 0.3 is 0 Å². The summed E-state index contributed by atoms with van der Waals surface area (Å²) in [5.74, 6) is 0.356. The summed E-state index contributed by atoms with van der Waals surface area (Å²) < 4.78 is 13.6. The first-order chi connectivity index (χ1) is 9.56. The van der Waals surface area contributed by atoms with E-state index in [1.807, 2.05) is 24.9 Å². The second-order valence-electron chi connectivity index (χ2n) is 5.02. The highest BCUT2D eigenvalue weighted by atomic mass is 19.1. The lowest BCUT2D eigenvalue weighted by Gasteiger charge is -2.17. The van der Waals surface area contributed by atoms with E-state index >= 15 is 0 Å². The van der Waals surface area contributed by atoms with E-state index in [1.54, 1.807) is 24.5 Å². The van der Waals surface area contributed by atoms with Crippen molar-refractivity contribution in [1.82, 2.24) is 9.97 Å². The van der Waals surface area contributed by atoms with Crippen molar-refractivity contribution in [3.8, 4) is 0 Å². The lowest BCUT2D eigenvalue weighted by molar-refractivity contribution is 0.607. The van der Waals surface area contributed by atoms with Crippen molar-refractivity contribution in [3.63, 3.8) is 0 Å². The number of nitrogens with two attached hydrogens (primary N) is 1. The molecule has 20 heavy (non-hydrogen) atoms. The Bertz CT molecular complexity index is 554. The highest BCUT2D eigenvalue weighted by Gasteiger charge is 2.08. The van der Waals surface area contributed by atoms with Crippen LogP contribution >= 0.6 is 0 Å². The van der Waals surface area contributed by atoms with Crippen LogP contribution in [0, 0.1) is 5.82 Å². The van der Waals surface area contributed by atoms with Crippen LogP contribution in [0.1, 0.15) is 18.1 Å². The van der Waals surface area contributed by atoms with Crippen LogP contribution in [0.5, 0.6) is 0 Å². The minimum absolute atomic E-state index is 0.0839. The molecule has 0 aliphatic rings. The molecule has 1 heterocycles. The van der Waals surface area contributed by atoms with Gasteiger partial charge in [0.2, 0.25) is 5.95 Å². The van der Waals surface area contributed by atoms with Crippen LogP contribution in [-0.4, -0.2) is 23.1 Å². The predicted molar refractivity (Wildman–Crippen MR) is 77.9 cm³/mol. The molecule has 0 aliphatic carbocycles. The molecular weight excluding hydrogens is 255 g/mol. The van der Waals surface area contributed by atoms with Crippen LogP contribution in [0.3, 0.4) is 0 Å². The van der Waals surface area contributed by atoms with E-state index in [2.05, 4.69) is 9.97 Å². The Morgan fingerprint density at radius 3 is 2.50 bits per heavy atom. The standard InChI is InChI=1S/C15H19FN4/c1-11(17)7-12-8-18-15(19-9-12)20(2)10-13-5-3-4-6-14(13)16/h3-6,8-9,11H,7,10,17H2,1-2H3. The van der Waals surface area contributed by atoms with Crippen LogP contribution < -0.4 is 10.6 Å². The Kier molecular flexibility index (Phi) is 4.63. The molecule has 0 amide bonds. The maximum atomic E-state index is 13.6. The Balaban J connectivity index is 2.06. The molecule has 106 valence electrons. The van der Waals surface area contributed by atoms with Crippen molar-refractivity contribution in [2.45, 2.75) is 25.9 Å². The number of benzene rings is 1. The summed E-state index contributed by atoms with van der Waals surface area (Å²) in [6.07, 6.45) is 4.28. The molecular formula is C15H19FN4. The Labute approximate surface area is 118 Å². The highest BCUT2D eigenvalue weighted by Crippen LogP contribution is 2.13. The van der Waals surface area contributed by atoms with E-state index in [0.29, 0.717) is 18.1 Å². The molecule has 0 saturated heterocycles. The minimum Gasteiger partial charge on any atom is -0.339 e. The zero-order valence-corrected chi connectivity index (χ0v) is 11.8. The van der Waals surface area contributed by atoms with Crippen LogP contribution in [0.25, 0.3) is 0 Å². The molecule has 2 N–H and O–H groups in total. The van der Waals surface area contributed by atoms with Crippen molar-refractivity contribution in [2.24, 2.45) is 5.73 Å². The predicted octanol–water partition coefficient (Wildman–Crippen LogP) is 2.14. The Morgan fingerprint density at radius 1 is 1.25 bits per heavy atom. The van der Waals surface area contributed by atoms with Crippen molar-refractivity contribution in [2.75, 3.05) is 11.9 Å². The fourth-order valence-corrected chi connectivity index (χ4v) is 1.98. The van der Waals surface area contributed by atoms with E-state index in [4.69, 9.17) is 5.73 Å². The van der Waals surface area contributed by atoms with Gasteiger partial charge in [-0.2, -0.15) is 0 Å². The Hall–Kier alpha value is -2.01. The molecule has 1 unspecified atom stereocenters. The second kappa shape index (κ2) is 6.43. The van der Waals surface area contributed by atoms with Crippen molar-refractivity contribution in [3.05, 3.63) is 53.6 Å². The number of anilines is 1. The third-order valence-corrected chi connectivity index (χ3v) is 2.96. The van der Waals surface area contributed by atoms with E-state index in [0.717, 1.165) is 12.0 Å². The quantitative estimate of drug-likeness (QED) is 0.907. The van der Waals surface area contributed by atoms with Crippen LogP contribution in [0.2, 0.25) is 0 Å². The van der Waals surface area contributed by atoms with Crippen molar-refractivity contribution < 1.29 is 4.39 Å². The molecule has 0 bridgehead atoms. The Morgan fingerprint density at radius 2 is 1.90 bits per heavy atom.